The van der Waals surface area contributed by atoms with Gasteiger partial charge in [0.15, 0.2) is 0 Å². The number of fused-ring (bicyclic) bond motifs is 1. The van der Waals surface area contributed by atoms with Gasteiger partial charge in [0.2, 0.25) is 0 Å². The van der Waals surface area contributed by atoms with Gasteiger partial charge in [-0.1, -0.05) is 13.8 Å². The van der Waals surface area contributed by atoms with E-state index in [4.69, 9.17) is 5.73 Å². The van der Waals surface area contributed by atoms with Crippen molar-refractivity contribution in [3.05, 3.63) is 0 Å². The first kappa shape index (κ1) is 11.4. The van der Waals surface area contributed by atoms with Crippen LogP contribution >= 0.6 is 0 Å². The molecule has 0 aromatic rings. The molecule has 2 aliphatic heterocycles. The SMILES string of the molecule is CCC(C)(CN)C1(O)CCN2CCCC21. The first-order valence-corrected chi connectivity index (χ1v) is 6.24. The molecule has 2 saturated heterocycles. The first-order valence-electron chi connectivity index (χ1n) is 6.24. The Bertz CT molecular complexity index is 240. The predicted molar refractivity (Wildman–Crippen MR) is 61.6 cm³/mol. The lowest BCUT2D eigenvalue weighted by Gasteiger charge is -2.45. The third-order valence-electron chi connectivity index (χ3n) is 4.97. The third kappa shape index (κ3) is 1.44. The van der Waals surface area contributed by atoms with Gasteiger partial charge in [-0.2, -0.15) is 0 Å². The van der Waals surface area contributed by atoms with Crippen molar-refractivity contribution in [3.63, 3.8) is 0 Å². The molecule has 2 fully saturated rings. The topological polar surface area (TPSA) is 49.5 Å². The summed E-state index contributed by atoms with van der Waals surface area (Å²) in [6.45, 7) is 7.09. The summed E-state index contributed by atoms with van der Waals surface area (Å²) in [5, 5.41) is 11.0. The van der Waals surface area contributed by atoms with Gasteiger partial charge in [-0.05, 0) is 32.2 Å². The van der Waals surface area contributed by atoms with E-state index in [9.17, 15) is 5.11 Å². The quantitative estimate of drug-likeness (QED) is 0.732. The van der Waals surface area contributed by atoms with Gasteiger partial charge in [0.25, 0.3) is 0 Å². The standard InChI is InChI=1S/C12H24N2O/c1-3-11(2,9-13)12(15)6-8-14-7-4-5-10(12)14/h10,15H,3-9,13H2,1-2H3. The van der Waals surface area contributed by atoms with Crippen LogP contribution in [0.3, 0.4) is 0 Å². The lowest BCUT2D eigenvalue weighted by molar-refractivity contribution is -0.0906. The molecule has 3 heteroatoms. The molecule has 3 N–H and O–H groups in total. The van der Waals surface area contributed by atoms with E-state index >= 15 is 0 Å². The smallest absolute Gasteiger partial charge is 0.0879 e. The molecule has 15 heavy (non-hydrogen) atoms. The summed E-state index contributed by atoms with van der Waals surface area (Å²) in [6, 6.07) is 0.367. The number of nitrogens with two attached hydrogens (primary N) is 1. The summed E-state index contributed by atoms with van der Waals surface area (Å²) in [7, 11) is 0. The van der Waals surface area contributed by atoms with Crippen LogP contribution < -0.4 is 5.73 Å². The zero-order valence-corrected chi connectivity index (χ0v) is 10.00. The van der Waals surface area contributed by atoms with Crippen LogP contribution in [-0.4, -0.2) is 41.3 Å². The molecule has 0 aliphatic carbocycles. The van der Waals surface area contributed by atoms with Crippen LogP contribution in [0.25, 0.3) is 0 Å². The second-order valence-electron chi connectivity index (χ2n) is 5.49. The van der Waals surface area contributed by atoms with E-state index in [1.807, 2.05) is 0 Å². The molecule has 0 bridgehead atoms. The molecular weight excluding hydrogens is 188 g/mol. The second-order valence-corrected chi connectivity index (χ2v) is 5.49. The molecular formula is C12H24N2O. The monoisotopic (exact) mass is 212 g/mol. The number of rotatable bonds is 3. The van der Waals surface area contributed by atoms with Crippen LogP contribution in [0.4, 0.5) is 0 Å². The van der Waals surface area contributed by atoms with E-state index in [0.29, 0.717) is 12.6 Å². The summed E-state index contributed by atoms with van der Waals surface area (Å²) in [5.41, 5.74) is 5.22. The van der Waals surface area contributed by atoms with Crippen LogP contribution in [0, 0.1) is 5.41 Å². The minimum absolute atomic E-state index is 0.114. The molecule has 3 atom stereocenters. The van der Waals surface area contributed by atoms with Gasteiger partial charge in [-0.15, -0.1) is 0 Å². The van der Waals surface area contributed by atoms with E-state index in [2.05, 4.69) is 18.7 Å². The molecule has 2 rings (SSSR count). The van der Waals surface area contributed by atoms with Gasteiger partial charge in [-0.25, -0.2) is 0 Å². The fourth-order valence-corrected chi connectivity index (χ4v) is 3.45. The molecule has 0 spiro atoms. The van der Waals surface area contributed by atoms with E-state index in [0.717, 1.165) is 32.4 Å². The Kier molecular flexibility index (Phi) is 2.82. The predicted octanol–water partition coefficient (Wildman–Crippen LogP) is 0.961. The molecule has 3 unspecified atom stereocenters. The van der Waals surface area contributed by atoms with Gasteiger partial charge in [0.1, 0.15) is 0 Å². The van der Waals surface area contributed by atoms with Crippen molar-refractivity contribution in [2.45, 2.75) is 51.2 Å². The Morgan fingerprint density at radius 3 is 2.87 bits per heavy atom. The maximum absolute atomic E-state index is 11.0. The highest BCUT2D eigenvalue weighted by Gasteiger charge is 2.56. The Morgan fingerprint density at radius 2 is 2.27 bits per heavy atom. The summed E-state index contributed by atoms with van der Waals surface area (Å²) >= 11 is 0. The molecule has 0 saturated carbocycles. The van der Waals surface area contributed by atoms with Crippen molar-refractivity contribution in [3.8, 4) is 0 Å². The van der Waals surface area contributed by atoms with Gasteiger partial charge < -0.3 is 10.8 Å². The van der Waals surface area contributed by atoms with Crippen molar-refractivity contribution in [2.75, 3.05) is 19.6 Å². The molecule has 0 aromatic carbocycles. The number of nitrogens with zero attached hydrogens (tertiary/aromatic N) is 1. The second kappa shape index (κ2) is 3.72. The zero-order chi connectivity index (χ0) is 11.1. The minimum atomic E-state index is -0.549. The Morgan fingerprint density at radius 1 is 1.53 bits per heavy atom. The number of hydrogen-bond donors (Lipinski definition) is 2. The molecule has 2 aliphatic rings. The van der Waals surface area contributed by atoms with Gasteiger partial charge in [-0.3, -0.25) is 4.90 Å². The zero-order valence-electron chi connectivity index (χ0n) is 10.00. The summed E-state index contributed by atoms with van der Waals surface area (Å²) in [6.07, 6.45) is 4.24. The van der Waals surface area contributed by atoms with Crippen LogP contribution in [0.5, 0.6) is 0 Å². The van der Waals surface area contributed by atoms with Crippen molar-refractivity contribution < 1.29 is 5.11 Å². The van der Waals surface area contributed by atoms with Crippen molar-refractivity contribution >= 4 is 0 Å². The first-order chi connectivity index (χ1) is 7.07. The normalized spacial score (nSPS) is 40.4. The highest BCUT2D eigenvalue weighted by atomic mass is 16.3. The lowest BCUT2D eigenvalue weighted by Crippen LogP contribution is -2.56. The molecule has 0 radical (unpaired) electrons. The minimum Gasteiger partial charge on any atom is -0.388 e. The maximum Gasteiger partial charge on any atom is 0.0879 e. The third-order valence-corrected chi connectivity index (χ3v) is 4.97. The maximum atomic E-state index is 11.0. The molecule has 88 valence electrons. The van der Waals surface area contributed by atoms with E-state index in [-0.39, 0.29) is 5.41 Å². The summed E-state index contributed by atoms with van der Waals surface area (Å²) in [5.74, 6) is 0. The van der Waals surface area contributed by atoms with Crippen molar-refractivity contribution in [1.29, 1.82) is 0 Å². The largest absolute Gasteiger partial charge is 0.388 e. The Balaban J connectivity index is 2.25. The van der Waals surface area contributed by atoms with Crippen molar-refractivity contribution in [2.24, 2.45) is 11.1 Å². The van der Waals surface area contributed by atoms with Crippen LogP contribution in [0.2, 0.25) is 0 Å². The molecule has 3 nitrogen and oxygen atoms in total. The highest BCUT2D eigenvalue weighted by molar-refractivity contribution is 5.10. The molecule has 0 amide bonds. The number of aliphatic hydroxyl groups is 1. The van der Waals surface area contributed by atoms with E-state index in [1.54, 1.807) is 0 Å². The average molecular weight is 212 g/mol. The van der Waals surface area contributed by atoms with Gasteiger partial charge in [0, 0.05) is 24.5 Å². The fraction of sp³-hybridized carbons (Fsp3) is 1.00. The lowest BCUT2D eigenvalue weighted by atomic mass is 9.67. The molecule has 2 heterocycles. The average Bonchev–Trinajstić information content (AvgIpc) is 2.82. The molecule has 0 aromatic heterocycles. The van der Waals surface area contributed by atoms with Gasteiger partial charge >= 0.3 is 0 Å². The van der Waals surface area contributed by atoms with E-state index < -0.39 is 5.60 Å². The fourth-order valence-electron chi connectivity index (χ4n) is 3.45. The van der Waals surface area contributed by atoms with E-state index in [1.165, 1.54) is 6.42 Å². The Labute approximate surface area is 92.6 Å². The van der Waals surface area contributed by atoms with Crippen LogP contribution in [-0.2, 0) is 0 Å². The van der Waals surface area contributed by atoms with Crippen molar-refractivity contribution in [1.82, 2.24) is 4.90 Å². The highest BCUT2D eigenvalue weighted by Crippen LogP contribution is 2.47. The summed E-state index contributed by atoms with van der Waals surface area (Å²) in [4.78, 5) is 2.45. The summed E-state index contributed by atoms with van der Waals surface area (Å²) < 4.78 is 0. The van der Waals surface area contributed by atoms with Gasteiger partial charge in [0.05, 0.1) is 5.60 Å². The van der Waals surface area contributed by atoms with Crippen LogP contribution in [0.1, 0.15) is 39.5 Å². The van der Waals surface area contributed by atoms with Crippen LogP contribution in [0.15, 0.2) is 0 Å². The Hall–Kier alpha value is -0.120. The number of hydrogen-bond acceptors (Lipinski definition) is 3.